The summed E-state index contributed by atoms with van der Waals surface area (Å²) in [5, 5.41) is 2.57. The van der Waals surface area contributed by atoms with E-state index in [-0.39, 0.29) is 0 Å². The fourth-order valence-electron chi connectivity index (χ4n) is 4.32. The molecule has 0 spiro atoms. The molecule has 2 aromatic carbocycles. The Labute approximate surface area is 181 Å². The Balaban J connectivity index is 1.91. The molecule has 0 atom stereocenters. The van der Waals surface area contributed by atoms with Gasteiger partial charge < -0.3 is 0 Å². The van der Waals surface area contributed by atoms with Gasteiger partial charge in [-0.1, -0.05) is 58.0 Å². The zero-order valence-corrected chi connectivity index (χ0v) is 18.6. The third-order valence-electron chi connectivity index (χ3n) is 5.71. The number of pyridine rings is 1. The molecule has 0 unspecified atom stereocenters. The van der Waals surface area contributed by atoms with E-state index in [1.807, 2.05) is 36.0 Å². The van der Waals surface area contributed by atoms with Gasteiger partial charge in [0, 0.05) is 50.5 Å². The number of hydrogen-bond donors (Lipinski definition) is 0. The predicted molar refractivity (Wildman–Crippen MR) is 128 cm³/mol. The molecule has 0 fully saturated rings. The minimum atomic E-state index is 0.383. The maximum atomic E-state index is 4.74. The molecule has 3 nitrogen and oxygen atoms in total. The molecular formula is C26H25N3S. The van der Waals surface area contributed by atoms with E-state index in [0.29, 0.717) is 11.8 Å². The number of nitrogens with zero attached hydrogens (tertiary/aromatic N) is 3. The Morgan fingerprint density at radius 3 is 2.43 bits per heavy atom. The molecule has 0 amide bonds. The maximum Gasteiger partial charge on any atom is 0.144 e. The van der Waals surface area contributed by atoms with Gasteiger partial charge in [0.2, 0.25) is 0 Å². The van der Waals surface area contributed by atoms with Crippen LogP contribution in [0.5, 0.6) is 0 Å². The Morgan fingerprint density at radius 2 is 1.70 bits per heavy atom. The molecule has 0 N–H and O–H groups in total. The number of rotatable bonds is 4. The first kappa shape index (κ1) is 19.0. The van der Waals surface area contributed by atoms with Gasteiger partial charge in [-0.3, -0.25) is 9.55 Å². The Bertz CT molecular complexity index is 1340. The van der Waals surface area contributed by atoms with Gasteiger partial charge in [-0.15, -0.1) is 11.3 Å². The fourth-order valence-corrected chi connectivity index (χ4v) is 5.66. The van der Waals surface area contributed by atoms with Gasteiger partial charge in [0.05, 0.1) is 5.69 Å². The lowest BCUT2D eigenvalue weighted by Crippen LogP contribution is -2.08. The lowest BCUT2D eigenvalue weighted by molar-refractivity contribution is 0.815. The standard InChI is InChI=1S/C26H25N3S/c1-16(2)19-14-20-21-15-27-11-10-22(21)30-25(20)23(17(3)4)24(19)29-13-12-28-26(29)18-8-6-5-7-9-18/h5-17H,1-4H3. The smallest absolute Gasteiger partial charge is 0.144 e. The van der Waals surface area contributed by atoms with Gasteiger partial charge in [-0.2, -0.15) is 0 Å². The minimum absolute atomic E-state index is 0.383. The highest BCUT2D eigenvalue weighted by molar-refractivity contribution is 7.26. The van der Waals surface area contributed by atoms with Crippen molar-refractivity contribution in [3.63, 3.8) is 0 Å². The summed E-state index contributed by atoms with van der Waals surface area (Å²) >= 11 is 1.88. The second-order valence-corrected chi connectivity index (χ2v) is 9.43. The molecule has 0 bridgehead atoms. The number of benzene rings is 2. The van der Waals surface area contributed by atoms with Crippen molar-refractivity contribution in [2.45, 2.75) is 39.5 Å². The molecule has 5 aromatic rings. The van der Waals surface area contributed by atoms with Gasteiger partial charge in [-0.05, 0) is 35.1 Å². The van der Waals surface area contributed by atoms with Gasteiger partial charge in [0.1, 0.15) is 5.82 Å². The highest BCUT2D eigenvalue weighted by Gasteiger charge is 2.23. The normalized spacial score (nSPS) is 11.9. The molecule has 0 aliphatic heterocycles. The van der Waals surface area contributed by atoms with E-state index in [0.717, 1.165) is 11.4 Å². The zero-order valence-electron chi connectivity index (χ0n) is 17.8. The van der Waals surface area contributed by atoms with Crippen LogP contribution >= 0.6 is 11.3 Å². The molecule has 0 aliphatic rings. The number of aromatic nitrogens is 3. The van der Waals surface area contributed by atoms with E-state index in [9.17, 15) is 0 Å². The Hall–Kier alpha value is -2.98. The quantitative estimate of drug-likeness (QED) is 0.306. The van der Waals surface area contributed by atoms with Crippen LogP contribution in [0.3, 0.4) is 0 Å². The van der Waals surface area contributed by atoms with Gasteiger partial charge in [0.15, 0.2) is 0 Å². The molecular weight excluding hydrogens is 386 g/mol. The monoisotopic (exact) mass is 411 g/mol. The maximum absolute atomic E-state index is 4.74. The highest BCUT2D eigenvalue weighted by Crippen LogP contribution is 2.44. The van der Waals surface area contributed by atoms with Crippen LogP contribution in [0.25, 0.3) is 37.2 Å². The molecule has 4 heteroatoms. The molecule has 3 heterocycles. The van der Waals surface area contributed by atoms with Crippen LogP contribution in [0.4, 0.5) is 0 Å². The van der Waals surface area contributed by atoms with Crippen LogP contribution in [0.1, 0.15) is 50.7 Å². The minimum Gasteiger partial charge on any atom is -0.299 e. The first-order chi connectivity index (χ1) is 14.6. The summed E-state index contributed by atoms with van der Waals surface area (Å²) in [7, 11) is 0. The van der Waals surface area contributed by atoms with Crippen LogP contribution in [0.15, 0.2) is 67.3 Å². The summed E-state index contributed by atoms with van der Waals surface area (Å²) < 4.78 is 4.95. The average Bonchev–Trinajstić information content (AvgIpc) is 3.37. The molecule has 5 rings (SSSR count). The number of thiophene rings is 1. The van der Waals surface area contributed by atoms with Crippen LogP contribution in [0.2, 0.25) is 0 Å². The second-order valence-electron chi connectivity index (χ2n) is 8.37. The van der Waals surface area contributed by atoms with E-state index in [1.165, 1.54) is 37.0 Å². The second kappa shape index (κ2) is 7.37. The third-order valence-corrected chi connectivity index (χ3v) is 6.93. The van der Waals surface area contributed by atoms with E-state index < -0.39 is 0 Å². The van der Waals surface area contributed by atoms with Crippen molar-refractivity contribution in [3.8, 4) is 17.1 Å². The first-order valence-corrected chi connectivity index (χ1v) is 11.3. The van der Waals surface area contributed by atoms with Crippen molar-refractivity contribution in [2.75, 3.05) is 0 Å². The summed E-state index contributed by atoms with van der Waals surface area (Å²) in [6, 6.07) is 15.0. The molecule has 30 heavy (non-hydrogen) atoms. The zero-order chi connectivity index (χ0) is 20.8. The van der Waals surface area contributed by atoms with E-state index >= 15 is 0 Å². The van der Waals surface area contributed by atoms with Crippen LogP contribution in [0, 0.1) is 0 Å². The van der Waals surface area contributed by atoms with Crippen LogP contribution in [-0.2, 0) is 0 Å². The lowest BCUT2D eigenvalue weighted by Gasteiger charge is -2.23. The average molecular weight is 412 g/mol. The van der Waals surface area contributed by atoms with Crippen LogP contribution < -0.4 is 0 Å². The summed E-state index contributed by atoms with van der Waals surface area (Å²) in [6.45, 7) is 9.15. The molecule has 3 aromatic heterocycles. The Morgan fingerprint density at radius 1 is 0.900 bits per heavy atom. The van der Waals surface area contributed by atoms with E-state index in [2.05, 4.69) is 79.8 Å². The number of hydrogen-bond acceptors (Lipinski definition) is 3. The third kappa shape index (κ3) is 2.94. The van der Waals surface area contributed by atoms with Gasteiger partial charge in [-0.25, -0.2) is 4.98 Å². The number of fused-ring (bicyclic) bond motifs is 3. The first-order valence-electron chi connectivity index (χ1n) is 10.5. The largest absolute Gasteiger partial charge is 0.299 e. The van der Waals surface area contributed by atoms with Crippen molar-refractivity contribution in [3.05, 3.63) is 78.4 Å². The summed E-state index contributed by atoms with van der Waals surface area (Å²) in [5.74, 6) is 1.76. The molecule has 0 saturated heterocycles. The number of imidazole rings is 1. The van der Waals surface area contributed by atoms with Crippen molar-refractivity contribution in [1.29, 1.82) is 0 Å². The van der Waals surface area contributed by atoms with Crippen LogP contribution in [-0.4, -0.2) is 14.5 Å². The fraction of sp³-hybridized carbons (Fsp3) is 0.231. The highest BCUT2D eigenvalue weighted by atomic mass is 32.1. The lowest BCUT2D eigenvalue weighted by atomic mass is 9.90. The SMILES string of the molecule is CC(C)c1cc2c(sc3ccncc32)c(C(C)C)c1-n1ccnc1-c1ccccc1. The molecule has 150 valence electrons. The predicted octanol–water partition coefficient (Wildman–Crippen LogP) is 7.55. The van der Waals surface area contributed by atoms with Crippen molar-refractivity contribution in [1.82, 2.24) is 14.5 Å². The van der Waals surface area contributed by atoms with Crippen molar-refractivity contribution in [2.24, 2.45) is 0 Å². The topological polar surface area (TPSA) is 30.7 Å². The van der Waals surface area contributed by atoms with Crippen molar-refractivity contribution < 1.29 is 0 Å². The summed E-state index contributed by atoms with van der Waals surface area (Å²) in [4.78, 5) is 9.14. The van der Waals surface area contributed by atoms with Crippen molar-refractivity contribution >= 4 is 31.5 Å². The molecule has 0 aliphatic carbocycles. The Kier molecular flexibility index (Phi) is 4.67. The summed E-state index contributed by atoms with van der Waals surface area (Å²) in [6.07, 6.45) is 7.92. The molecule has 0 radical (unpaired) electrons. The molecule has 0 saturated carbocycles. The van der Waals surface area contributed by atoms with Gasteiger partial charge in [0.25, 0.3) is 0 Å². The van der Waals surface area contributed by atoms with E-state index in [4.69, 9.17) is 4.98 Å². The van der Waals surface area contributed by atoms with E-state index in [1.54, 1.807) is 0 Å². The summed E-state index contributed by atoms with van der Waals surface area (Å²) in [5.41, 5.74) is 5.16. The van der Waals surface area contributed by atoms with Gasteiger partial charge >= 0.3 is 0 Å².